The predicted octanol–water partition coefficient (Wildman–Crippen LogP) is 4.27. The molecule has 0 rings (SSSR count). The molecule has 0 heteroatoms. The lowest BCUT2D eigenvalue weighted by Gasteiger charge is -2.23. The van der Waals surface area contributed by atoms with Crippen molar-refractivity contribution in [1.29, 1.82) is 0 Å². The smallest absolute Gasteiger partial charge is 0.0355 e. The summed E-state index contributed by atoms with van der Waals surface area (Å²) in [6.07, 6.45) is 10.0. The van der Waals surface area contributed by atoms with E-state index in [0.29, 0.717) is 0 Å². The van der Waals surface area contributed by atoms with Crippen LogP contribution in [0.5, 0.6) is 0 Å². The first-order chi connectivity index (χ1) is 5.79. The Kier molecular flexibility index (Phi) is 7.64. The quantitative estimate of drug-likeness (QED) is 0.532. The summed E-state index contributed by atoms with van der Waals surface area (Å²) in [5.41, 5.74) is 0. The van der Waals surface area contributed by atoms with Gasteiger partial charge in [-0.15, -0.1) is 0 Å². The summed E-state index contributed by atoms with van der Waals surface area (Å²) in [6.45, 7) is 9.01. The van der Waals surface area contributed by atoms with Crippen LogP contribution in [-0.2, 0) is 0 Å². The predicted molar refractivity (Wildman–Crippen MR) is 56.7 cm³/mol. The zero-order valence-electron chi connectivity index (χ0n) is 9.14. The molecule has 12 heavy (non-hydrogen) atoms. The molecule has 0 nitrogen and oxygen atoms in total. The van der Waals surface area contributed by atoms with Crippen LogP contribution in [0, 0.1) is 24.7 Å². The first kappa shape index (κ1) is 12.0. The molecular formula is C12H24. The highest BCUT2D eigenvalue weighted by Gasteiger charge is 2.16. The number of hydrogen-bond donors (Lipinski definition) is 0. The second kappa shape index (κ2) is 7.64. The summed E-state index contributed by atoms with van der Waals surface area (Å²) < 4.78 is 0. The van der Waals surface area contributed by atoms with Crippen molar-refractivity contribution < 1.29 is 0 Å². The fourth-order valence-electron chi connectivity index (χ4n) is 1.91. The standard InChI is InChI=1S/C12H24/c1-5-9-11(7-3)12(8-4)10-6-2/h7,10-12H,5-6,8-9H2,1-4H3. The highest BCUT2D eigenvalue weighted by atomic mass is 14.2. The van der Waals surface area contributed by atoms with Gasteiger partial charge < -0.3 is 0 Å². The van der Waals surface area contributed by atoms with Crippen LogP contribution in [0.1, 0.15) is 53.4 Å². The minimum atomic E-state index is 0.819. The fourth-order valence-corrected chi connectivity index (χ4v) is 1.91. The van der Waals surface area contributed by atoms with Crippen molar-refractivity contribution in [3.05, 3.63) is 12.8 Å². The van der Waals surface area contributed by atoms with Crippen LogP contribution >= 0.6 is 0 Å². The Morgan fingerprint density at radius 1 is 1.08 bits per heavy atom. The Labute approximate surface area is 78.8 Å². The molecule has 2 unspecified atom stereocenters. The summed E-state index contributed by atoms with van der Waals surface area (Å²) in [6, 6.07) is 0. The van der Waals surface area contributed by atoms with E-state index < -0.39 is 0 Å². The third kappa shape index (κ3) is 4.13. The summed E-state index contributed by atoms with van der Waals surface area (Å²) in [5, 5.41) is 0. The topological polar surface area (TPSA) is 0 Å². The van der Waals surface area contributed by atoms with Gasteiger partial charge in [-0.25, -0.2) is 0 Å². The van der Waals surface area contributed by atoms with Gasteiger partial charge in [-0.1, -0.05) is 53.4 Å². The van der Waals surface area contributed by atoms with Crippen LogP contribution in [0.2, 0.25) is 0 Å². The molecule has 0 amide bonds. The second-order valence-electron chi connectivity index (χ2n) is 3.50. The van der Waals surface area contributed by atoms with E-state index >= 15 is 0 Å². The van der Waals surface area contributed by atoms with Gasteiger partial charge in [0.05, 0.1) is 0 Å². The molecule has 0 saturated carbocycles. The van der Waals surface area contributed by atoms with Gasteiger partial charge in [0.2, 0.25) is 0 Å². The monoisotopic (exact) mass is 168 g/mol. The summed E-state index contributed by atoms with van der Waals surface area (Å²) in [4.78, 5) is 0. The molecule has 2 atom stereocenters. The van der Waals surface area contributed by atoms with Crippen LogP contribution in [0.15, 0.2) is 0 Å². The van der Waals surface area contributed by atoms with Gasteiger partial charge in [0.25, 0.3) is 0 Å². The van der Waals surface area contributed by atoms with Gasteiger partial charge in [0.1, 0.15) is 0 Å². The van der Waals surface area contributed by atoms with E-state index in [1.807, 2.05) is 0 Å². The molecule has 0 aliphatic heterocycles. The zero-order chi connectivity index (χ0) is 9.40. The molecule has 0 aromatic carbocycles. The molecule has 0 spiro atoms. The third-order valence-corrected chi connectivity index (χ3v) is 2.61. The average Bonchev–Trinajstić information content (AvgIpc) is 2.11. The normalized spacial score (nSPS) is 16.0. The van der Waals surface area contributed by atoms with E-state index in [-0.39, 0.29) is 0 Å². The first-order valence-corrected chi connectivity index (χ1v) is 5.42. The van der Waals surface area contributed by atoms with Gasteiger partial charge >= 0.3 is 0 Å². The molecule has 0 N–H and O–H groups in total. The molecule has 0 fully saturated rings. The molecule has 0 aromatic rings. The molecule has 0 aromatic heterocycles. The number of rotatable bonds is 7. The maximum atomic E-state index is 2.47. The van der Waals surface area contributed by atoms with Crippen LogP contribution in [-0.4, -0.2) is 0 Å². The van der Waals surface area contributed by atoms with Crippen LogP contribution in [0.25, 0.3) is 0 Å². The molecule has 0 aliphatic rings. The van der Waals surface area contributed by atoms with E-state index in [0.717, 1.165) is 11.8 Å². The van der Waals surface area contributed by atoms with Crippen LogP contribution < -0.4 is 0 Å². The largest absolute Gasteiger partial charge is 0.0654 e. The summed E-state index contributed by atoms with van der Waals surface area (Å²) >= 11 is 0. The summed E-state index contributed by atoms with van der Waals surface area (Å²) in [7, 11) is 0. The average molecular weight is 168 g/mol. The van der Waals surface area contributed by atoms with Crippen molar-refractivity contribution in [2.24, 2.45) is 11.8 Å². The highest BCUT2D eigenvalue weighted by molar-refractivity contribution is 4.86. The van der Waals surface area contributed by atoms with Gasteiger partial charge in [-0.3, -0.25) is 0 Å². The van der Waals surface area contributed by atoms with E-state index in [1.54, 1.807) is 0 Å². The second-order valence-corrected chi connectivity index (χ2v) is 3.50. The molecule has 0 saturated heterocycles. The Bertz CT molecular complexity index is 74.0. The van der Waals surface area contributed by atoms with Gasteiger partial charge in [-0.05, 0) is 24.7 Å². The maximum Gasteiger partial charge on any atom is -0.0355 e. The first-order valence-electron chi connectivity index (χ1n) is 5.42. The van der Waals surface area contributed by atoms with Gasteiger partial charge in [0.15, 0.2) is 0 Å². The van der Waals surface area contributed by atoms with Crippen molar-refractivity contribution in [3.8, 4) is 0 Å². The van der Waals surface area contributed by atoms with Crippen molar-refractivity contribution in [3.63, 3.8) is 0 Å². The lowest BCUT2D eigenvalue weighted by atomic mass is 9.82. The minimum Gasteiger partial charge on any atom is -0.0654 e. The fraction of sp³-hybridized carbons (Fsp3) is 0.833. The van der Waals surface area contributed by atoms with Crippen LogP contribution in [0.4, 0.5) is 0 Å². The minimum absolute atomic E-state index is 0.819. The Morgan fingerprint density at radius 3 is 2.08 bits per heavy atom. The molecule has 0 aliphatic carbocycles. The lowest BCUT2D eigenvalue weighted by Crippen LogP contribution is -2.14. The Balaban J connectivity index is 3.84. The lowest BCUT2D eigenvalue weighted by molar-refractivity contribution is 0.376. The molecular weight excluding hydrogens is 144 g/mol. The van der Waals surface area contributed by atoms with Crippen molar-refractivity contribution in [2.75, 3.05) is 0 Å². The maximum absolute atomic E-state index is 2.47. The molecule has 2 radical (unpaired) electrons. The van der Waals surface area contributed by atoms with Crippen molar-refractivity contribution in [1.82, 2.24) is 0 Å². The van der Waals surface area contributed by atoms with E-state index in [4.69, 9.17) is 0 Å². The van der Waals surface area contributed by atoms with Crippen LogP contribution in [0.3, 0.4) is 0 Å². The SMILES string of the molecule is C[CH]C(CCC)C([CH]CC)CC. The van der Waals surface area contributed by atoms with Gasteiger partial charge in [-0.2, -0.15) is 0 Å². The third-order valence-electron chi connectivity index (χ3n) is 2.61. The summed E-state index contributed by atoms with van der Waals surface area (Å²) in [5.74, 6) is 1.64. The Hall–Kier alpha value is 0. The Morgan fingerprint density at radius 2 is 1.75 bits per heavy atom. The van der Waals surface area contributed by atoms with Crippen molar-refractivity contribution in [2.45, 2.75) is 53.4 Å². The van der Waals surface area contributed by atoms with Gasteiger partial charge in [0, 0.05) is 0 Å². The molecule has 0 heterocycles. The molecule has 72 valence electrons. The zero-order valence-corrected chi connectivity index (χ0v) is 9.14. The van der Waals surface area contributed by atoms with E-state index in [9.17, 15) is 0 Å². The number of hydrogen-bond acceptors (Lipinski definition) is 0. The van der Waals surface area contributed by atoms with Crippen molar-refractivity contribution >= 4 is 0 Å². The molecule has 0 bridgehead atoms. The highest BCUT2D eigenvalue weighted by Crippen LogP contribution is 2.26. The van der Waals surface area contributed by atoms with E-state index in [1.165, 1.54) is 25.7 Å². The van der Waals surface area contributed by atoms with E-state index in [2.05, 4.69) is 40.5 Å².